The Balaban J connectivity index is 2.73. The van der Waals surface area contributed by atoms with Crippen LogP contribution in [-0.4, -0.2) is 9.91 Å². The lowest BCUT2D eigenvalue weighted by Gasteiger charge is -2.07. The van der Waals surface area contributed by atoms with Crippen molar-refractivity contribution in [3.63, 3.8) is 0 Å². The third-order valence-electron chi connectivity index (χ3n) is 2.67. The summed E-state index contributed by atoms with van der Waals surface area (Å²) in [6.45, 7) is 4.11. The molecule has 0 saturated carbocycles. The number of halogens is 1. The van der Waals surface area contributed by atoms with Crippen LogP contribution >= 0.6 is 11.6 Å². The molecule has 1 aromatic carbocycles. The summed E-state index contributed by atoms with van der Waals surface area (Å²) in [5.74, 6) is 0.342. The Kier molecular flexibility index (Phi) is 2.98. The van der Waals surface area contributed by atoms with Crippen LogP contribution in [0.5, 0.6) is 0 Å². The molecule has 1 aromatic heterocycles. The molecule has 5 heteroatoms. The summed E-state index contributed by atoms with van der Waals surface area (Å²) >= 11 is 6.03. The maximum atomic E-state index is 10.8. The van der Waals surface area contributed by atoms with E-state index in [1.807, 2.05) is 18.2 Å². The molecule has 0 unspecified atom stereocenters. The van der Waals surface area contributed by atoms with Gasteiger partial charge in [-0.3, -0.25) is 10.1 Å². The number of hydrogen-bond donors (Lipinski definition) is 0. The van der Waals surface area contributed by atoms with Crippen LogP contribution in [0.2, 0.25) is 5.02 Å². The zero-order valence-electron chi connectivity index (χ0n) is 9.48. The van der Waals surface area contributed by atoms with Crippen molar-refractivity contribution in [3.8, 4) is 0 Å². The van der Waals surface area contributed by atoms with Gasteiger partial charge >= 0.3 is 5.69 Å². The number of pyridine rings is 1. The van der Waals surface area contributed by atoms with E-state index in [0.717, 1.165) is 5.56 Å². The second-order valence-corrected chi connectivity index (χ2v) is 4.52. The average Bonchev–Trinajstić information content (AvgIpc) is 2.28. The molecule has 17 heavy (non-hydrogen) atoms. The van der Waals surface area contributed by atoms with Gasteiger partial charge in [0.15, 0.2) is 0 Å². The molecule has 0 saturated heterocycles. The quantitative estimate of drug-likeness (QED) is 0.600. The van der Waals surface area contributed by atoms with Gasteiger partial charge in [0, 0.05) is 5.39 Å². The fourth-order valence-corrected chi connectivity index (χ4v) is 1.92. The summed E-state index contributed by atoms with van der Waals surface area (Å²) in [6, 6.07) is 5.66. The SMILES string of the molecule is CC(C)c1ccc2ncc([N+](=O)[O-])c(Cl)c2c1. The summed E-state index contributed by atoms with van der Waals surface area (Å²) in [7, 11) is 0. The number of nitro groups is 1. The standard InChI is InChI=1S/C12H11ClN2O2/c1-7(2)8-3-4-10-9(5-8)12(13)11(6-14-10)15(16)17/h3-7H,1-2H3. The molecule has 0 radical (unpaired) electrons. The van der Waals surface area contributed by atoms with E-state index in [-0.39, 0.29) is 10.7 Å². The van der Waals surface area contributed by atoms with E-state index >= 15 is 0 Å². The van der Waals surface area contributed by atoms with E-state index in [4.69, 9.17) is 11.6 Å². The van der Waals surface area contributed by atoms with E-state index in [1.165, 1.54) is 6.20 Å². The summed E-state index contributed by atoms with van der Waals surface area (Å²) in [6.07, 6.45) is 1.19. The minimum atomic E-state index is -0.517. The minimum absolute atomic E-state index is 0.153. The first kappa shape index (κ1) is 11.8. The number of hydrogen-bond acceptors (Lipinski definition) is 3. The highest BCUT2D eigenvalue weighted by Crippen LogP contribution is 2.32. The van der Waals surface area contributed by atoms with Gasteiger partial charge in [0.2, 0.25) is 0 Å². The van der Waals surface area contributed by atoms with Gasteiger partial charge in [-0.15, -0.1) is 0 Å². The molecular weight excluding hydrogens is 240 g/mol. The molecule has 2 aromatic rings. The van der Waals surface area contributed by atoms with Gasteiger partial charge in [0.05, 0.1) is 10.4 Å². The maximum absolute atomic E-state index is 10.8. The number of aromatic nitrogens is 1. The maximum Gasteiger partial charge on any atom is 0.306 e. The van der Waals surface area contributed by atoms with E-state index in [0.29, 0.717) is 16.8 Å². The molecule has 4 nitrogen and oxygen atoms in total. The highest BCUT2D eigenvalue weighted by atomic mass is 35.5. The zero-order chi connectivity index (χ0) is 12.6. The first-order valence-electron chi connectivity index (χ1n) is 5.23. The summed E-state index contributed by atoms with van der Waals surface area (Å²) < 4.78 is 0. The van der Waals surface area contributed by atoms with Crippen LogP contribution in [0.25, 0.3) is 10.9 Å². The van der Waals surface area contributed by atoms with Gasteiger partial charge < -0.3 is 0 Å². The number of fused-ring (bicyclic) bond motifs is 1. The zero-order valence-corrected chi connectivity index (χ0v) is 10.2. The normalized spacial score (nSPS) is 11.1. The number of nitrogens with zero attached hydrogens (tertiary/aromatic N) is 2. The average molecular weight is 251 g/mol. The van der Waals surface area contributed by atoms with E-state index in [1.54, 1.807) is 0 Å². The Morgan fingerprint density at radius 2 is 2.12 bits per heavy atom. The van der Waals surface area contributed by atoms with Gasteiger partial charge in [-0.25, -0.2) is 4.98 Å². The fourth-order valence-electron chi connectivity index (χ4n) is 1.65. The van der Waals surface area contributed by atoms with E-state index < -0.39 is 4.92 Å². The van der Waals surface area contributed by atoms with Crippen LogP contribution in [-0.2, 0) is 0 Å². The van der Waals surface area contributed by atoms with E-state index in [2.05, 4.69) is 18.8 Å². The third-order valence-corrected chi connectivity index (χ3v) is 3.07. The fraction of sp³-hybridized carbons (Fsp3) is 0.250. The Morgan fingerprint density at radius 1 is 1.41 bits per heavy atom. The smallest absolute Gasteiger partial charge is 0.258 e. The first-order chi connectivity index (χ1) is 8.00. The second-order valence-electron chi connectivity index (χ2n) is 4.15. The van der Waals surface area contributed by atoms with Gasteiger partial charge in [-0.1, -0.05) is 31.5 Å². The first-order valence-corrected chi connectivity index (χ1v) is 5.61. The molecule has 0 aliphatic heterocycles. The molecular formula is C12H11ClN2O2. The van der Waals surface area contributed by atoms with Crippen molar-refractivity contribution in [2.75, 3.05) is 0 Å². The molecule has 1 heterocycles. The van der Waals surface area contributed by atoms with Crippen LogP contribution in [0, 0.1) is 10.1 Å². The molecule has 0 spiro atoms. The molecule has 88 valence electrons. The topological polar surface area (TPSA) is 56.0 Å². The number of rotatable bonds is 2. The van der Waals surface area contributed by atoms with Crippen molar-refractivity contribution in [1.82, 2.24) is 4.98 Å². The predicted octanol–water partition coefficient (Wildman–Crippen LogP) is 3.92. The molecule has 2 rings (SSSR count). The van der Waals surface area contributed by atoms with Crippen molar-refractivity contribution >= 4 is 28.2 Å². The molecule has 0 aliphatic carbocycles. The molecule has 0 fully saturated rings. The van der Waals surface area contributed by atoms with Gasteiger partial charge in [0.1, 0.15) is 11.2 Å². The third kappa shape index (κ3) is 2.08. The van der Waals surface area contributed by atoms with Gasteiger partial charge in [-0.05, 0) is 23.6 Å². The van der Waals surface area contributed by atoms with E-state index in [9.17, 15) is 10.1 Å². The van der Waals surface area contributed by atoms with Crippen molar-refractivity contribution in [2.45, 2.75) is 19.8 Å². The lowest BCUT2D eigenvalue weighted by Crippen LogP contribution is -1.93. The Hall–Kier alpha value is -1.68. The van der Waals surface area contributed by atoms with Crippen molar-refractivity contribution < 1.29 is 4.92 Å². The molecule has 0 aliphatic rings. The lowest BCUT2D eigenvalue weighted by molar-refractivity contribution is -0.384. The molecule has 0 bridgehead atoms. The van der Waals surface area contributed by atoms with Crippen molar-refractivity contribution in [1.29, 1.82) is 0 Å². The van der Waals surface area contributed by atoms with Gasteiger partial charge in [0.25, 0.3) is 0 Å². The number of benzene rings is 1. The van der Waals surface area contributed by atoms with Crippen LogP contribution in [0.4, 0.5) is 5.69 Å². The monoisotopic (exact) mass is 250 g/mol. The summed E-state index contributed by atoms with van der Waals surface area (Å²) in [5.41, 5.74) is 1.60. The molecule has 0 atom stereocenters. The predicted molar refractivity (Wildman–Crippen MR) is 67.5 cm³/mol. The van der Waals surface area contributed by atoms with Crippen LogP contribution in [0.3, 0.4) is 0 Å². The highest BCUT2D eigenvalue weighted by Gasteiger charge is 2.16. The second kappa shape index (κ2) is 4.30. The Morgan fingerprint density at radius 3 is 2.71 bits per heavy atom. The Labute approximate surface area is 103 Å². The highest BCUT2D eigenvalue weighted by molar-refractivity contribution is 6.37. The van der Waals surface area contributed by atoms with Crippen LogP contribution in [0.15, 0.2) is 24.4 Å². The Bertz CT molecular complexity index is 596. The van der Waals surface area contributed by atoms with Gasteiger partial charge in [-0.2, -0.15) is 0 Å². The van der Waals surface area contributed by atoms with Crippen molar-refractivity contribution in [2.24, 2.45) is 0 Å². The largest absolute Gasteiger partial charge is 0.306 e. The summed E-state index contributed by atoms with van der Waals surface area (Å²) in [5, 5.41) is 11.6. The lowest BCUT2D eigenvalue weighted by atomic mass is 10.0. The van der Waals surface area contributed by atoms with Crippen LogP contribution in [0.1, 0.15) is 25.3 Å². The summed E-state index contributed by atoms with van der Waals surface area (Å²) in [4.78, 5) is 14.3. The van der Waals surface area contributed by atoms with Crippen LogP contribution < -0.4 is 0 Å². The minimum Gasteiger partial charge on any atom is -0.258 e. The van der Waals surface area contributed by atoms with Crippen molar-refractivity contribution in [3.05, 3.63) is 45.1 Å². The molecule has 0 amide bonds. The molecule has 0 N–H and O–H groups in total.